The average molecular weight is 402 g/mol. The molecule has 0 atom stereocenters. The van der Waals surface area contributed by atoms with E-state index >= 15 is 0 Å². The molecule has 0 spiro atoms. The number of nitrogens with one attached hydrogen (secondary N) is 1. The van der Waals surface area contributed by atoms with Gasteiger partial charge in [0.15, 0.2) is 0 Å². The van der Waals surface area contributed by atoms with Crippen LogP contribution in [0.25, 0.3) is 0 Å². The van der Waals surface area contributed by atoms with Gasteiger partial charge in [-0.1, -0.05) is 12.1 Å². The summed E-state index contributed by atoms with van der Waals surface area (Å²) in [7, 11) is -0.152. The van der Waals surface area contributed by atoms with Gasteiger partial charge in [-0.3, -0.25) is 4.72 Å². The van der Waals surface area contributed by atoms with Crippen LogP contribution in [0.2, 0.25) is 0 Å². The minimum atomic E-state index is -4.64. The smallest absolute Gasteiger partial charge is 0.416 e. The number of rotatable bonds is 5. The van der Waals surface area contributed by atoms with Crippen molar-refractivity contribution in [2.45, 2.75) is 11.1 Å². The minimum Gasteiger partial charge on any atom is -0.465 e. The van der Waals surface area contributed by atoms with Gasteiger partial charge in [-0.15, -0.1) is 0 Å². The third-order valence-corrected chi connectivity index (χ3v) is 5.06. The molecule has 0 heterocycles. The summed E-state index contributed by atoms with van der Waals surface area (Å²) < 4.78 is 71.3. The Labute approximate surface area is 154 Å². The van der Waals surface area contributed by atoms with Crippen LogP contribution in [0.3, 0.4) is 0 Å². The number of carbonyl (C=O) groups is 1. The van der Waals surface area contributed by atoms with Gasteiger partial charge < -0.3 is 9.64 Å². The van der Waals surface area contributed by atoms with E-state index in [1.807, 2.05) is 0 Å². The lowest BCUT2D eigenvalue weighted by atomic mass is 10.1. The number of alkyl halides is 3. The second kappa shape index (κ2) is 7.47. The topological polar surface area (TPSA) is 75.7 Å². The Hall–Kier alpha value is -2.75. The lowest BCUT2D eigenvalue weighted by Gasteiger charge is -2.20. The number of benzene rings is 2. The van der Waals surface area contributed by atoms with Crippen LogP contribution in [0.5, 0.6) is 0 Å². The quantitative estimate of drug-likeness (QED) is 0.777. The number of halogens is 3. The van der Waals surface area contributed by atoms with E-state index in [0.717, 1.165) is 25.3 Å². The van der Waals surface area contributed by atoms with Crippen molar-refractivity contribution in [1.29, 1.82) is 0 Å². The summed E-state index contributed by atoms with van der Waals surface area (Å²) in [4.78, 5) is 12.9. The predicted octanol–water partition coefficient (Wildman–Crippen LogP) is 3.36. The summed E-state index contributed by atoms with van der Waals surface area (Å²) in [5, 5.41) is 0. The maximum atomic E-state index is 13.0. The largest absolute Gasteiger partial charge is 0.465 e. The first-order valence-electron chi connectivity index (χ1n) is 7.56. The minimum absolute atomic E-state index is 0.224. The lowest BCUT2D eigenvalue weighted by molar-refractivity contribution is -0.137. The molecule has 0 unspecified atom stereocenters. The van der Waals surface area contributed by atoms with Gasteiger partial charge in [0.2, 0.25) is 0 Å². The number of sulfonamides is 1. The summed E-state index contributed by atoms with van der Waals surface area (Å²) >= 11 is 0. The number of hydrogen-bond donors (Lipinski definition) is 1. The number of nitrogens with zero attached hydrogens (tertiary/aromatic N) is 1. The number of hydrogen-bond acceptors (Lipinski definition) is 5. The zero-order chi connectivity index (χ0) is 20.4. The Morgan fingerprint density at radius 3 is 2.30 bits per heavy atom. The molecule has 2 rings (SSSR count). The third kappa shape index (κ3) is 4.51. The summed E-state index contributed by atoms with van der Waals surface area (Å²) in [5.74, 6) is -0.882. The summed E-state index contributed by atoms with van der Waals surface area (Å²) in [6.07, 6.45) is -4.64. The van der Waals surface area contributed by atoms with Gasteiger partial charge in [-0.05, 0) is 30.3 Å². The fourth-order valence-corrected chi connectivity index (χ4v) is 3.62. The van der Waals surface area contributed by atoms with E-state index < -0.39 is 32.6 Å². The SMILES string of the molecule is COC(=O)c1ccccc1S(=O)(=O)Nc1cc(C(F)(F)F)ccc1N(C)C. The molecule has 0 aromatic heterocycles. The molecule has 27 heavy (non-hydrogen) atoms. The Morgan fingerprint density at radius 2 is 1.74 bits per heavy atom. The van der Waals surface area contributed by atoms with E-state index in [4.69, 9.17) is 0 Å². The number of methoxy groups -OCH3 is 1. The molecule has 1 N–H and O–H groups in total. The van der Waals surface area contributed by atoms with Crippen LogP contribution in [0.15, 0.2) is 47.4 Å². The Bertz CT molecular complexity index is 957. The van der Waals surface area contributed by atoms with Gasteiger partial charge in [-0.25, -0.2) is 13.2 Å². The number of anilines is 2. The maximum Gasteiger partial charge on any atom is 0.416 e. The molecule has 0 saturated heterocycles. The van der Waals surface area contributed by atoms with E-state index in [0.29, 0.717) is 6.07 Å². The predicted molar refractivity (Wildman–Crippen MR) is 94.4 cm³/mol. The van der Waals surface area contributed by atoms with Crippen LogP contribution in [-0.2, 0) is 20.9 Å². The van der Waals surface area contributed by atoms with Crippen molar-refractivity contribution in [1.82, 2.24) is 0 Å². The van der Waals surface area contributed by atoms with Gasteiger partial charge in [0.25, 0.3) is 10.0 Å². The summed E-state index contributed by atoms with van der Waals surface area (Å²) in [5.41, 5.74) is -1.28. The second-order valence-corrected chi connectivity index (χ2v) is 7.37. The third-order valence-electron chi connectivity index (χ3n) is 3.63. The van der Waals surface area contributed by atoms with E-state index in [-0.39, 0.29) is 16.9 Å². The molecular formula is C17H17F3N2O4S. The first kappa shape index (κ1) is 20.6. The maximum absolute atomic E-state index is 13.0. The standard InChI is InChI=1S/C17H17F3N2O4S/c1-22(2)14-9-8-11(17(18,19)20)10-13(14)21-27(24,25)15-7-5-4-6-12(15)16(23)26-3/h4-10,21H,1-3H3. The fourth-order valence-electron chi connectivity index (χ4n) is 2.36. The molecule has 0 aliphatic heterocycles. The van der Waals surface area contributed by atoms with E-state index in [1.54, 1.807) is 14.1 Å². The molecule has 146 valence electrons. The fraction of sp³-hybridized carbons (Fsp3) is 0.235. The van der Waals surface area contributed by atoms with E-state index in [1.165, 1.54) is 23.1 Å². The van der Waals surface area contributed by atoms with Crippen LogP contribution in [0.4, 0.5) is 24.5 Å². The molecule has 0 aliphatic rings. The van der Waals surface area contributed by atoms with Crippen LogP contribution < -0.4 is 9.62 Å². The highest BCUT2D eigenvalue weighted by Gasteiger charge is 2.32. The molecule has 0 aliphatic carbocycles. The highest BCUT2D eigenvalue weighted by Crippen LogP contribution is 2.36. The molecular weight excluding hydrogens is 385 g/mol. The van der Waals surface area contributed by atoms with E-state index in [9.17, 15) is 26.4 Å². The van der Waals surface area contributed by atoms with Crippen LogP contribution >= 0.6 is 0 Å². The molecule has 0 radical (unpaired) electrons. The molecule has 2 aromatic rings. The van der Waals surface area contributed by atoms with Gasteiger partial charge in [0, 0.05) is 14.1 Å². The molecule has 0 bridgehead atoms. The van der Waals surface area contributed by atoms with Gasteiger partial charge in [0.1, 0.15) is 4.90 Å². The second-order valence-electron chi connectivity index (χ2n) is 5.72. The van der Waals surface area contributed by atoms with Crippen molar-refractivity contribution in [2.75, 3.05) is 30.8 Å². The van der Waals surface area contributed by atoms with Gasteiger partial charge >= 0.3 is 12.1 Å². The summed E-state index contributed by atoms with van der Waals surface area (Å²) in [6.45, 7) is 0. The first-order valence-corrected chi connectivity index (χ1v) is 9.04. The molecule has 0 fully saturated rings. The van der Waals surface area contributed by atoms with Gasteiger partial charge in [-0.2, -0.15) is 13.2 Å². The van der Waals surface area contributed by atoms with Crippen molar-refractivity contribution in [2.24, 2.45) is 0 Å². The number of ether oxygens (including phenoxy) is 1. The van der Waals surface area contributed by atoms with Crippen molar-refractivity contribution in [3.8, 4) is 0 Å². The Kier molecular flexibility index (Phi) is 5.69. The highest BCUT2D eigenvalue weighted by molar-refractivity contribution is 7.92. The average Bonchev–Trinajstić information content (AvgIpc) is 2.59. The Balaban J connectivity index is 2.57. The highest BCUT2D eigenvalue weighted by atomic mass is 32.2. The van der Waals surface area contributed by atoms with Gasteiger partial charge in [0.05, 0.1) is 29.6 Å². The number of esters is 1. The zero-order valence-electron chi connectivity index (χ0n) is 14.7. The van der Waals surface area contributed by atoms with Crippen LogP contribution in [-0.4, -0.2) is 35.6 Å². The Morgan fingerprint density at radius 1 is 1.11 bits per heavy atom. The van der Waals surface area contributed by atoms with E-state index in [2.05, 4.69) is 9.46 Å². The van der Waals surface area contributed by atoms with Crippen LogP contribution in [0, 0.1) is 0 Å². The first-order chi connectivity index (χ1) is 12.5. The van der Waals surface area contributed by atoms with Crippen molar-refractivity contribution in [3.05, 3.63) is 53.6 Å². The van der Waals surface area contributed by atoms with Crippen molar-refractivity contribution >= 4 is 27.4 Å². The lowest BCUT2D eigenvalue weighted by Crippen LogP contribution is -2.20. The van der Waals surface area contributed by atoms with Crippen molar-refractivity contribution in [3.63, 3.8) is 0 Å². The molecule has 6 nitrogen and oxygen atoms in total. The molecule has 10 heteroatoms. The summed E-state index contributed by atoms with van der Waals surface area (Å²) in [6, 6.07) is 7.97. The number of carbonyl (C=O) groups excluding carboxylic acids is 1. The molecule has 2 aromatic carbocycles. The van der Waals surface area contributed by atoms with Crippen LogP contribution in [0.1, 0.15) is 15.9 Å². The zero-order valence-corrected chi connectivity index (χ0v) is 15.5. The monoisotopic (exact) mass is 402 g/mol. The normalized spacial score (nSPS) is 11.8. The molecule has 0 amide bonds. The molecule has 0 saturated carbocycles. The van der Waals surface area contributed by atoms with Crippen molar-refractivity contribution < 1.29 is 31.1 Å².